The first-order chi connectivity index (χ1) is 6.74. The second-order valence-corrected chi connectivity index (χ2v) is 3.63. The van der Waals surface area contributed by atoms with Gasteiger partial charge in [0.25, 0.3) is 0 Å². The van der Waals surface area contributed by atoms with Crippen LogP contribution in [0.15, 0.2) is 0 Å². The normalized spacial score (nSPS) is 20.4. The van der Waals surface area contributed by atoms with Gasteiger partial charge in [-0.3, -0.25) is 4.79 Å². The Bertz CT molecular complexity index is 175. The summed E-state index contributed by atoms with van der Waals surface area (Å²) >= 11 is 0. The summed E-state index contributed by atoms with van der Waals surface area (Å²) < 4.78 is 9.71. The molecule has 0 bridgehead atoms. The van der Waals surface area contributed by atoms with Gasteiger partial charge >= 0.3 is 5.97 Å². The molecule has 4 nitrogen and oxygen atoms in total. The van der Waals surface area contributed by atoms with E-state index in [0.717, 1.165) is 26.1 Å². The summed E-state index contributed by atoms with van der Waals surface area (Å²) in [6.45, 7) is 1.44. The van der Waals surface area contributed by atoms with Crippen molar-refractivity contribution in [2.45, 2.75) is 31.8 Å². The number of ether oxygens (including phenoxy) is 2. The molecule has 0 amide bonds. The highest BCUT2D eigenvalue weighted by Gasteiger charge is 2.22. The number of aliphatic hydroxyl groups is 1. The average Bonchev–Trinajstić information content (AvgIpc) is 2.26. The molecule has 1 atom stereocenters. The lowest BCUT2D eigenvalue weighted by atomic mass is 9.91. The quantitative estimate of drug-likeness (QED) is 0.683. The van der Waals surface area contributed by atoms with Gasteiger partial charge in [-0.15, -0.1) is 0 Å². The van der Waals surface area contributed by atoms with E-state index in [1.807, 2.05) is 0 Å². The largest absolute Gasteiger partial charge is 0.469 e. The number of methoxy groups -OCH3 is 1. The number of carbonyl (C=O) groups is 1. The van der Waals surface area contributed by atoms with Crippen LogP contribution in [-0.2, 0) is 14.3 Å². The van der Waals surface area contributed by atoms with Crippen molar-refractivity contribution in [3.05, 3.63) is 0 Å². The number of hydrogen-bond donors (Lipinski definition) is 1. The maximum Gasteiger partial charge on any atom is 0.305 e. The van der Waals surface area contributed by atoms with Crippen molar-refractivity contribution >= 4 is 5.97 Å². The van der Waals surface area contributed by atoms with E-state index in [1.165, 1.54) is 7.11 Å². The molecule has 82 valence electrons. The Morgan fingerprint density at radius 2 is 2.21 bits per heavy atom. The molecule has 1 aliphatic rings. The highest BCUT2D eigenvalue weighted by atomic mass is 16.5. The van der Waals surface area contributed by atoms with E-state index < -0.39 is 6.10 Å². The van der Waals surface area contributed by atoms with Crippen LogP contribution in [0, 0.1) is 5.92 Å². The van der Waals surface area contributed by atoms with Crippen LogP contribution in [0.3, 0.4) is 0 Å². The van der Waals surface area contributed by atoms with Crippen molar-refractivity contribution in [3.63, 3.8) is 0 Å². The number of carbonyl (C=O) groups excluding carboxylic acids is 1. The van der Waals surface area contributed by atoms with Crippen LogP contribution >= 0.6 is 0 Å². The van der Waals surface area contributed by atoms with Crippen molar-refractivity contribution in [1.82, 2.24) is 0 Å². The minimum atomic E-state index is -0.391. The first-order valence-electron chi connectivity index (χ1n) is 5.06. The SMILES string of the molecule is COC(=O)CCC(O)C1CCOCC1. The van der Waals surface area contributed by atoms with Crippen LogP contribution in [0.5, 0.6) is 0 Å². The predicted molar refractivity (Wildman–Crippen MR) is 50.8 cm³/mol. The Hall–Kier alpha value is -0.610. The molecule has 1 saturated heterocycles. The van der Waals surface area contributed by atoms with Crippen LogP contribution in [0.2, 0.25) is 0 Å². The van der Waals surface area contributed by atoms with Crippen LogP contribution in [0.25, 0.3) is 0 Å². The summed E-state index contributed by atoms with van der Waals surface area (Å²) in [5.41, 5.74) is 0. The van der Waals surface area contributed by atoms with Crippen molar-refractivity contribution in [1.29, 1.82) is 0 Å². The molecule has 0 aliphatic carbocycles. The van der Waals surface area contributed by atoms with E-state index in [2.05, 4.69) is 4.74 Å². The van der Waals surface area contributed by atoms with Gasteiger partial charge in [0.2, 0.25) is 0 Å². The van der Waals surface area contributed by atoms with Gasteiger partial charge < -0.3 is 14.6 Å². The smallest absolute Gasteiger partial charge is 0.305 e. The van der Waals surface area contributed by atoms with Gasteiger partial charge in [0.05, 0.1) is 13.2 Å². The number of rotatable bonds is 4. The monoisotopic (exact) mass is 202 g/mol. The van der Waals surface area contributed by atoms with E-state index in [-0.39, 0.29) is 11.9 Å². The molecule has 0 aromatic rings. The van der Waals surface area contributed by atoms with E-state index in [0.29, 0.717) is 12.8 Å². The predicted octanol–water partition coefficient (Wildman–Crippen LogP) is 0.727. The maximum absolute atomic E-state index is 10.8. The summed E-state index contributed by atoms with van der Waals surface area (Å²) in [7, 11) is 1.36. The zero-order valence-corrected chi connectivity index (χ0v) is 8.57. The van der Waals surface area contributed by atoms with Gasteiger partial charge in [0.1, 0.15) is 0 Å². The van der Waals surface area contributed by atoms with Crippen LogP contribution in [0.1, 0.15) is 25.7 Å². The standard InChI is InChI=1S/C10H18O4/c1-13-10(12)3-2-9(11)8-4-6-14-7-5-8/h8-9,11H,2-7H2,1H3. The molecular formula is C10H18O4. The lowest BCUT2D eigenvalue weighted by Gasteiger charge is -2.26. The first-order valence-corrected chi connectivity index (χ1v) is 5.06. The van der Waals surface area contributed by atoms with Gasteiger partial charge in [-0.1, -0.05) is 0 Å². The second kappa shape index (κ2) is 5.98. The van der Waals surface area contributed by atoms with Crippen molar-refractivity contribution in [2.24, 2.45) is 5.92 Å². The van der Waals surface area contributed by atoms with Crippen LogP contribution in [0.4, 0.5) is 0 Å². The van der Waals surface area contributed by atoms with Gasteiger partial charge in [0, 0.05) is 19.6 Å². The third-order valence-electron chi connectivity index (χ3n) is 2.68. The van der Waals surface area contributed by atoms with Crippen molar-refractivity contribution in [2.75, 3.05) is 20.3 Å². The van der Waals surface area contributed by atoms with Gasteiger partial charge in [-0.05, 0) is 25.2 Å². The van der Waals surface area contributed by atoms with E-state index in [9.17, 15) is 9.90 Å². The Morgan fingerprint density at radius 1 is 1.57 bits per heavy atom. The van der Waals surface area contributed by atoms with Crippen molar-refractivity contribution < 1.29 is 19.4 Å². The molecular weight excluding hydrogens is 184 g/mol. The van der Waals surface area contributed by atoms with Gasteiger partial charge in [0.15, 0.2) is 0 Å². The van der Waals surface area contributed by atoms with Gasteiger partial charge in [-0.2, -0.15) is 0 Å². The molecule has 1 N–H and O–H groups in total. The minimum Gasteiger partial charge on any atom is -0.469 e. The van der Waals surface area contributed by atoms with Crippen LogP contribution in [-0.4, -0.2) is 37.5 Å². The summed E-state index contributed by atoms with van der Waals surface area (Å²) in [6.07, 6.45) is 2.19. The Morgan fingerprint density at radius 3 is 2.79 bits per heavy atom. The first kappa shape index (κ1) is 11.5. The van der Waals surface area contributed by atoms with Crippen LogP contribution < -0.4 is 0 Å². The highest BCUT2D eigenvalue weighted by Crippen LogP contribution is 2.21. The summed E-state index contributed by atoms with van der Waals surface area (Å²) in [5, 5.41) is 9.76. The fourth-order valence-electron chi connectivity index (χ4n) is 1.70. The number of esters is 1. The summed E-state index contributed by atoms with van der Waals surface area (Å²) in [6, 6.07) is 0. The van der Waals surface area contributed by atoms with Gasteiger partial charge in [-0.25, -0.2) is 0 Å². The molecule has 4 heteroatoms. The molecule has 0 aromatic heterocycles. The Kier molecular flexibility index (Phi) is 4.90. The molecule has 1 aliphatic heterocycles. The Labute approximate surface area is 84.2 Å². The summed E-state index contributed by atoms with van der Waals surface area (Å²) in [5.74, 6) is 0.0320. The zero-order chi connectivity index (χ0) is 10.4. The fraction of sp³-hybridized carbons (Fsp3) is 0.900. The van der Waals surface area contributed by atoms with E-state index >= 15 is 0 Å². The molecule has 1 unspecified atom stereocenters. The lowest BCUT2D eigenvalue weighted by molar-refractivity contribution is -0.141. The molecule has 0 spiro atoms. The van der Waals surface area contributed by atoms with E-state index in [1.54, 1.807) is 0 Å². The number of hydrogen-bond acceptors (Lipinski definition) is 4. The van der Waals surface area contributed by atoms with E-state index in [4.69, 9.17) is 4.74 Å². The maximum atomic E-state index is 10.8. The topological polar surface area (TPSA) is 55.8 Å². The molecule has 1 rings (SSSR count). The fourth-order valence-corrected chi connectivity index (χ4v) is 1.70. The number of aliphatic hydroxyl groups excluding tert-OH is 1. The Balaban J connectivity index is 2.19. The van der Waals surface area contributed by atoms with Crippen molar-refractivity contribution in [3.8, 4) is 0 Å². The molecule has 14 heavy (non-hydrogen) atoms. The lowest BCUT2D eigenvalue weighted by Crippen LogP contribution is -2.27. The molecule has 1 fully saturated rings. The molecule has 0 radical (unpaired) electrons. The second-order valence-electron chi connectivity index (χ2n) is 3.63. The third kappa shape index (κ3) is 3.64. The highest BCUT2D eigenvalue weighted by molar-refractivity contribution is 5.69. The summed E-state index contributed by atoms with van der Waals surface area (Å²) in [4.78, 5) is 10.8. The molecule has 0 aromatic carbocycles. The molecule has 1 heterocycles. The average molecular weight is 202 g/mol. The zero-order valence-electron chi connectivity index (χ0n) is 8.57. The third-order valence-corrected chi connectivity index (χ3v) is 2.68. The molecule has 0 saturated carbocycles. The minimum absolute atomic E-state index is 0.254.